The van der Waals surface area contributed by atoms with E-state index in [1.807, 2.05) is 37.3 Å². The summed E-state index contributed by atoms with van der Waals surface area (Å²) in [4.78, 5) is 16.1. The van der Waals surface area contributed by atoms with Gasteiger partial charge in [-0.15, -0.1) is 15.0 Å². The van der Waals surface area contributed by atoms with Crippen molar-refractivity contribution in [3.8, 4) is 11.4 Å². The fraction of sp³-hybridized carbons (Fsp3) is 0.130. The molecule has 1 aromatic heterocycles. The molecule has 0 saturated heterocycles. The summed E-state index contributed by atoms with van der Waals surface area (Å²) >= 11 is 0. The Morgan fingerprint density at radius 3 is 2.39 bits per heavy atom. The minimum absolute atomic E-state index is 0.110. The summed E-state index contributed by atoms with van der Waals surface area (Å²) in [5, 5.41) is 12.5. The second-order valence-electron chi connectivity index (χ2n) is 7.53. The Kier molecular flexibility index (Phi) is 6.29. The topological polar surface area (TPSA) is 119 Å². The van der Waals surface area contributed by atoms with Crippen LogP contribution < -0.4 is 10.3 Å². The number of hydrazine groups is 1. The van der Waals surface area contributed by atoms with Crippen molar-refractivity contribution in [1.29, 1.82) is 0 Å². The lowest BCUT2D eigenvalue weighted by molar-refractivity contribution is 0.0945. The van der Waals surface area contributed by atoms with Crippen LogP contribution in [0.2, 0.25) is 0 Å². The SMILES string of the molecule is Cc1ccc(S(=O)(=O)NNC(=O)c2ccc(Cn3nnc(-c4ccccc4)n3)cc2)c(C)c1. The fourth-order valence-electron chi connectivity index (χ4n) is 3.28. The number of carbonyl (C=O) groups excluding carboxylic acids is 1. The molecule has 10 heteroatoms. The van der Waals surface area contributed by atoms with Crippen molar-refractivity contribution in [2.75, 3.05) is 0 Å². The van der Waals surface area contributed by atoms with Crippen LogP contribution in [0.25, 0.3) is 11.4 Å². The molecule has 0 fully saturated rings. The van der Waals surface area contributed by atoms with Crippen molar-refractivity contribution in [2.45, 2.75) is 25.3 Å². The second kappa shape index (κ2) is 9.31. The number of nitrogens with zero attached hydrogens (tertiary/aromatic N) is 4. The smallest absolute Gasteiger partial charge is 0.266 e. The van der Waals surface area contributed by atoms with E-state index in [-0.39, 0.29) is 4.90 Å². The minimum Gasteiger partial charge on any atom is -0.273 e. The number of aryl methyl sites for hydroxylation is 2. The third-order valence-electron chi connectivity index (χ3n) is 4.94. The van der Waals surface area contributed by atoms with E-state index in [1.165, 1.54) is 10.9 Å². The third kappa shape index (κ3) is 5.30. The van der Waals surface area contributed by atoms with Gasteiger partial charge < -0.3 is 0 Å². The molecule has 0 aliphatic rings. The van der Waals surface area contributed by atoms with Gasteiger partial charge in [-0.2, -0.15) is 4.80 Å². The number of sulfonamides is 1. The van der Waals surface area contributed by atoms with Gasteiger partial charge in [-0.25, -0.2) is 8.42 Å². The van der Waals surface area contributed by atoms with Gasteiger partial charge in [0.15, 0.2) is 0 Å². The first kappa shape index (κ1) is 22.3. The van der Waals surface area contributed by atoms with Crippen molar-refractivity contribution in [3.05, 3.63) is 95.1 Å². The molecule has 1 heterocycles. The summed E-state index contributed by atoms with van der Waals surface area (Å²) in [5.74, 6) is -0.0390. The molecule has 0 unspecified atom stereocenters. The van der Waals surface area contributed by atoms with Gasteiger partial charge >= 0.3 is 0 Å². The summed E-state index contributed by atoms with van der Waals surface area (Å²) in [6.07, 6.45) is 0. The molecule has 0 aliphatic carbocycles. The Morgan fingerprint density at radius 2 is 1.70 bits per heavy atom. The minimum atomic E-state index is -3.89. The highest BCUT2D eigenvalue weighted by atomic mass is 32.2. The molecule has 0 aliphatic heterocycles. The van der Waals surface area contributed by atoms with Crippen LogP contribution in [0.5, 0.6) is 0 Å². The highest BCUT2D eigenvalue weighted by Gasteiger charge is 2.18. The quantitative estimate of drug-likeness (QED) is 0.408. The molecule has 33 heavy (non-hydrogen) atoms. The van der Waals surface area contributed by atoms with Gasteiger partial charge in [-0.1, -0.05) is 60.2 Å². The Labute approximate surface area is 191 Å². The van der Waals surface area contributed by atoms with Crippen LogP contribution in [0.4, 0.5) is 0 Å². The van der Waals surface area contributed by atoms with Crippen LogP contribution in [0, 0.1) is 13.8 Å². The number of aromatic nitrogens is 4. The van der Waals surface area contributed by atoms with E-state index >= 15 is 0 Å². The molecule has 0 radical (unpaired) electrons. The maximum Gasteiger partial charge on any atom is 0.266 e. The number of hydrogen-bond donors (Lipinski definition) is 2. The maximum atomic E-state index is 12.5. The summed E-state index contributed by atoms with van der Waals surface area (Å²) in [6.45, 7) is 3.96. The van der Waals surface area contributed by atoms with Crippen molar-refractivity contribution in [1.82, 2.24) is 30.5 Å². The predicted octanol–water partition coefficient (Wildman–Crippen LogP) is 2.63. The highest BCUT2D eigenvalue weighted by Crippen LogP contribution is 2.16. The molecule has 4 rings (SSSR count). The average molecular weight is 463 g/mol. The number of amides is 1. The largest absolute Gasteiger partial charge is 0.273 e. The number of carbonyl (C=O) groups is 1. The Morgan fingerprint density at radius 1 is 0.970 bits per heavy atom. The number of tetrazole rings is 1. The van der Waals surface area contributed by atoms with E-state index in [1.54, 1.807) is 43.3 Å². The van der Waals surface area contributed by atoms with Crippen molar-refractivity contribution in [2.24, 2.45) is 0 Å². The van der Waals surface area contributed by atoms with Gasteiger partial charge in [-0.05, 0) is 48.4 Å². The Hall–Kier alpha value is -3.89. The number of rotatable bonds is 7. The van der Waals surface area contributed by atoms with E-state index in [2.05, 4.69) is 25.7 Å². The standard InChI is InChI=1S/C23H22N6O3S/c1-16-8-13-21(17(2)14-16)33(31,32)28-25-23(30)20-11-9-18(10-12-20)15-29-26-22(24-27-29)19-6-4-3-5-7-19/h3-14,28H,15H2,1-2H3,(H,25,30). The molecule has 3 aromatic carbocycles. The van der Waals surface area contributed by atoms with Gasteiger partial charge in [0.1, 0.15) is 0 Å². The summed E-state index contributed by atoms with van der Waals surface area (Å²) < 4.78 is 25.0. The first-order valence-electron chi connectivity index (χ1n) is 10.1. The molecular weight excluding hydrogens is 440 g/mol. The molecular formula is C23H22N6O3S. The number of nitrogens with one attached hydrogen (secondary N) is 2. The monoisotopic (exact) mass is 462 g/mol. The van der Waals surface area contributed by atoms with E-state index in [4.69, 9.17) is 0 Å². The zero-order valence-electron chi connectivity index (χ0n) is 18.1. The van der Waals surface area contributed by atoms with Crippen LogP contribution in [-0.4, -0.2) is 34.5 Å². The summed E-state index contributed by atoms with van der Waals surface area (Å²) in [7, 11) is -3.89. The molecule has 0 atom stereocenters. The first-order chi connectivity index (χ1) is 15.8. The normalized spacial score (nSPS) is 11.3. The molecule has 4 aromatic rings. The molecule has 0 saturated carbocycles. The summed E-state index contributed by atoms with van der Waals surface area (Å²) in [5.41, 5.74) is 5.84. The van der Waals surface area contributed by atoms with Crippen LogP contribution in [-0.2, 0) is 16.6 Å². The first-order valence-corrected chi connectivity index (χ1v) is 11.6. The third-order valence-corrected chi connectivity index (χ3v) is 6.35. The number of hydrogen-bond acceptors (Lipinski definition) is 6. The zero-order valence-corrected chi connectivity index (χ0v) is 18.9. The maximum absolute atomic E-state index is 12.5. The van der Waals surface area contributed by atoms with Crippen LogP contribution in [0.3, 0.4) is 0 Å². The Balaban J connectivity index is 1.38. The van der Waals surface area contributed by atoms with E-state index in [9.17, 15) is 13.2 Å². The van der Waals surface area contributed by atoms with Crippen molar-refractivity contribution < 1.29 is 13.2 Å². The lowest BCUT2D eigenvalue weighted by atomic mass is 10.1. The van der Waals surface area contributed by atoms with Gasteiger partial charge in [0.2, 0.25) is 5.82 Å². The van der Waals surface area contributed by atoms with Crippen LogP contribution in [0.15, 0.2) is 77.7 Å². The van der Waals surface area contributed by atoms with E-state index in [0.717, 1.165) is 16.7 Å². The molecule has 1 amide bonds. The lowest BCUT2D eigenvalue weighted by Crippen LogP contribution is -2.41. The lowest BCUT2D eigenvalue weighted by Gasteiger charge is -2.11. The summed E-state index contributed by atoms with van der Waals surface area (Å²) in [6, 6.07) is 21.2. The molecule has 0 bridgehead atoms. The van der Waals surface area contributed by atoms with Crippen LogP contribution in [0.1, 0.15) is 27.0 Å². The van der Waals surface area contributed by atoms with Gasteiger partial charge in [-0.3, -0.25) is 10.2 Å². The predicted molar refractivity (Wildman–Crippen MR) is 123 cm³/mol. The molecule has 168 valence electrons. The zero-order chi connectivity index (χ0) is 23.4. The van der Waals surface area contributed by atoms with Crippen LogP contribution >= 0.6 is 0 Å². The van der Waals surface area contributed by atoms with Gasteiger partial charge in [0.05, 0.1) is 11.4 Å². The average Bonchev–Trinajstić information content (AvgIpc) is 3.27. The van der Waals surface area contributed by atoms with Gasteiger partial charge in [0.25, 0.3) is 15.9 Å². The van der Waals surface area contributed by atoms with Crippen molar-refractivity contribution >= 4 is 15.9 Å². The molecule has 2 N–H and O–H groups in total. The highest BCUT2D eigenvalue weighted by molar-refractivity contribution is 7.89. The second-order valence-corrected chi connectivity index (χ2v) is 9.19. The number of benzene rings is 3. The molecule has 9 nitrogen and oxygen atoms in total. The van der Waals surface area contributed by atoms with Gasteiger partial charge in [0, 0.05) is 11.1 Å². The fourth-order valence-corrected chi connectivity index (χ4v) is 4.35. The van der Waals surface area contributed by atoms with E-state index in [0.29, 0.717) is 23.5 Å². The Bertz CT molecular complexity index is 1380. The van der Waals surface area contributed by atoms with E-state index < -0.39 is 15.9 Å². The van der Waals surface area contributed by atoms with Crippen molar-refractivity contribution in [3.63, 3.8) is 0 Å². The molecule has 0 spiro atoms.